The molecule has 0 aliphatic heterocycles. The topological polar surface area (TPSA) is 46.2 Å². The molecule has 2 nitrogen and oxygen atoms in total. The van der Waals surface area contributed by atoms with E-state index in [4.69, 9.17) is 5.73 Å². The normalized spacial score (nSPS) is 12.8. The van der Waals surface area contributed by atoms with Gasteiger partial charge in [-0.05, 0) is 16.7 Å². The summed E-state index contributed by atoms with van der Waals surface area (Å²) < 4.78 is -0.511. The fourth-order valence-corrected chi connectivity index (χ4v) is 4.30. The van der Waals surface area contributed by atoms with E-state index in [1.807, 2.05) is 54.6 Å². The quantitative estimate of drug-likeness (QED) is 0.529. The van der Waals surface area contributed by atoms with Gasteiger partial charge in [0.1, 0.15) is 5.44 Å². The second-order valence-electron chi connectivity index (χ2n) is 5.59. The van der Waals surface area contributed by atoms with Gasteiger partial charge < -0.3 is 10.8 Å². The summed E-state index contributed by atoms with van der Waals surface area (Å²) in [7, 11) is 0. The molecule has 0 fully saturated rings. The SMILES string of the molecule is NCC(O)SC(c1ccccc1)(c1ccccc1)c1ccccc1. The number of hydrogen-bond donors (Lipinski definition) is 2. The van der Waals surface area contributed by atoms with Crippen LogP contribution in [0.1, 0.15) is 16.7 Å². The van der Waals surface area contributed by atoms with Gasteiger partial charge in [0.2, 0.25) is 0 Å². The Morgan fingerprint density at radius 1 is 0.708 bits per heavy atom. The highest BCUT2D eigenvalue weighted by molar-refractivity contribution is 8.01. The number of aliphatic hydroxyl groups is 1. The van der Waals surface area contributed by atoms with Crippen molar-refractivity contribution in [3.05, 3.63) is 108 Å². The fraction of sp³-hybridized carbons (Fsp3) is 0.143. The Bertz CT molecular complexity index is 650. The van der Waals surface area contributed by atoms with Crippen LogP contribution >= 0.6 is 11.8 Å². The molecule has 1 atom stereocenters. The lowest BCUT2D eigenvalue weighted by molar-refractivity contribution is 0.270. The Labute approximate surface area is 147 Å². The third-order valence-electron chi connectivity index (χ3n) is 4.06. The van der Waals surface area contributed by atoms with E-state index >= 15 is 0 Å². The molecule has 0 aromatic heterocycles. The smallest absolute Gasteiger partial charge is 0.113 e. The molecule has 3 heteroatoms. The Hall–Kier alpha value is -2.07. The lowest BCUT2D eigenvalue weighted by atomic mass is 9.84. The lowest BCUT2D eigenvalue weighted by Gasteiger charge is -2.36. The van der Waals surface area contributed by atoms with Crippen LogP contribution in [-0.2, 0) is 4.75 Å². The molecule has 3 rings (SSSR count). The van der Waals surface area contributed by atoms with E-state index in [9.17, 15) is 5.11 Å². The minimum absolute atomic E-state index is 0.207. The van der Waals surface area contributed by atoms with Gasteiger partial charge >= 0.3 is 0 Å². The van der Waals surface area contributed by atoms with Gasteiger partial charge in [-0.15, -0.1) is 11.8 Å². The maximum absolute atomic E-state index is 10.4. The van der Waals surface area contributed by atoms with Crippen LogP contribution in [0.3, 0.4) is 0 Å². The molecule has 24 heavy (non-hydrogen) atoms. The van der Waals surface area contributed by atoms with Crippen molar-refractivity contribution in [1.82, 2.24) is 0 Å². The highest BCUT2D eigenvalue weighted by Gasteiger charge is 2.38. The van der Waals surface area contributed by atoms with Gasteiger partial charge in [-0.25, -0.2) is 0 Å². The molecular weight excluding hydrogens is 314 g/mol. The van der Waals surface area contributed by atoms with Gasteiger partial charge in [-0.3, -0.25) is 0 Å². The van der Waals surface area contributed by atoms with Gasteiger partial charge in [-0.1, -0.05) is 91.0 Å². The molecular formula is C21H21NOS. The summed E-state index contributed by atoms with van der Waals surface area (Å²) >= 11 is 1.48. The molecule has 0 heterocycles. The molecule has 3 N–H and O–H groups in total. The molecule has 0 saturated carbocycles. The van der Waals surface area contributed by atoms with Crippen molar-refractivity contribution >= 4 is 11.8 Å². The van der Waals surface area contributed by atoms with E-state index in [0.29, 0.717) is 0 Å². The highest BCUT2D eigenvalue weighted by atomic mass is 32.2. The monoisotopic (exact) mass is 335 g/mol. The van der Waals surface area contributed by atoms with Gasteiger partial charge in [0.05, 0.1) is 4.75 Å². The summed E-state index contributed by atoms with van der Waals surface area (Å²) in [6.45, 7) is 0.207. The summed E-state index contributed by atoms with van der Waals surface area (Å²) in [4.78, 5) is 0. The number of nitrogens with two attached hydrogens (primary N) is 1. The van der Waals surface area contributed by atoms with Crippen molar-refractivity contribution in [2.45, 2.75) is 10.2 Å². The zero-order valence-corrected chi connectivity index (χ0v) is 14.2. The number of aliphatic hydroxyl groups excluding tert-OH is 1. The van der Waals surface area contributed by atoms with Crippen LogP contribution in [0.25, 0.3) is 0 Å². The number of thioether (sulfide) groups is 1. The molecule has 0 bridgehead atoms. The van der Waals surface area contributed by atoms with Crippen LogP contribution in [-0.4, -0.2) is 17.1 Å². The first-order chi connectivity index (χ1) is 11.8. The Balaban J connectivity index is 2.28. The Kier molecular flexibility index (Phi) is 5.36. The largest absolute Gasteiger partial charge is 0.381 e. The van der Waals surface area contributed by atoms with E-state index in [-0.39, 0.29) is 6.54 Å². The van der Waals surface area contributed by atoms with Crippen molar-refractivity contribution in [3.8, 4) is 0 Å². The molecule has 0 aliphatic carbocycles. The van der Waals surface area contributed by atoms with Crippen LogP contribution in [0.5, 0.6) is 0 Å². The minimum atomic E-state index is -0.661. The second kappa shape index (κ2) is 7.67. The van der Waals surface area contributed by atoms with E-state index < -0.39 is 10.2 Å². The van der Waals surface area contributed by atoms with Crippen LogP contribution < -0.4 is 5.73 Å². The molecule has 122 valence electrons. The molecule has 1 unspecified atom stereocenters. The van der Waals surface area contributed by atoms with E-state index in [1.165, 1.54) is 11.8 Å². The summed E-state index contributed by atoms with van der Waals surface area (Å²) in [5, 5.41) is 10.4. The van der Waals surface area contributed by atoms with Gasteiger partial charge in [0.25, 0.3) is 0 Å². The predicted octanol–water partition coefficient (Wildman–Crippen LogP) is 3.99. The van der Waals surface area contributed by atoms with Crippen molar-refractivity contribution in [2.75, 3.05) is 6.54 Å². The fourth-order valence-electron chi connectivity index (χ4n) is 2.97. The van der Waals surface area contributed by atoms with Crippen molar-refractivity contribution < 1.29 is 5.11 Å². The summed E-state index contributed by atoms with van der Waals surface area (Å²) in [6.07, 6.45) is 0. The first-order valence-corrected chi connectivity index (χ1v) is 8.88. The summed E-state index contributed by atoms with van der Waals surface area (Å²) in [5.74, 6) is 0. The summed E-state index contributed by atoms with van der Waals surface area (Å²) in [6, 6.07) is 30.9. The van der Waals surface area contributed by atoms with Gasteiger partial charge in [0, 0.05) is 6.54 Å². The lowest BCUT2D eigenvalue weighted by Crippen LogP contribution is -2.31. The third kappa shape index (κ3) is 3.24. The predicted molar refractivity (Wildman–Crippen MR) is 102 cm³/mol. The van der Waals surface area contributed by atoms with Crippen molar-refractivity contribution in [3.63, 3.8) is 0 Å². The Morgan fingerprint density at radius 3 is 1.33 bits per heavy atom. The molecule has 3 aromatic rings. The zero-order chi connectivity index (χ0) is 16.8. The molecule has 0 radical (unpaired) electrons. The molecule has 0 aliphatic rings. The molecule has 0 saturated heterocycles. The van der Waals surface area contributed by atoms with Crippen LogP contribution in [0, 0.1) is 0 Å². The number of hydrogen-bond acceptors (Lipinski definition) is 3. The van der Waals surface area contributed by atoms with Gasteiger partial charge in [-0.2, -0.15) is 0 Å². The van der Waals surface area contributed by atoms with E-state index in [0.717, 1.165) is 16.7 Å². The highest BCUT2D eigenvalue weighted by Crippen LogP contribution is 2.49. The molecule has 0 spiro atoms. The minimum Gasteiger partial charge on any atom is -0.381 e. The average Bonchev–Trinajstić information content (AvgIpc) is 2.68. The van der Waals surface area contributed by atoms with Crippen LogP contribution in [0.15, 0.2) is 91.0 Å². The molecule has 3 aromatic carbocycles. The zero-order valence-electron chi connectivity index (χ0n) is 13.4. The first-order valence-electron chi connectivity index (χ1n) is 8.00. The standard InChI is InChI=1S/C21H21NOS/c22-16-20(23)24-21(17-10-4-1-5-11-17,18-12-6-2-7-13-18)19-14-8-3-9-15-19/h1-15,20,23H,16,22H2. The van der Waals surface area contributed by atoms with Gasteiger partial charge in [0.15, 0.2) is 0 Å². The maximum Gasteiger partial charge on any atom is 0.113 e. The summed E-state index contributed by atoms with van der Waals surface area (Å²) in [5.41, 5.74) is 8.46. The van der Waals surface area contributed by atoms with E-state index in [2.05, 4.69) is 36.4 Å². The molecule has 0 amide bonds. The maximum atomic E-state index is 10.4. The number of rotatable bonds is 6. The average molecular weight is 335 g/mol. The van der Waals surface area contributed by atoms with Crippen molar-refractivity contribution in [1.29, 1.82) is 0 Å². The van der Waals surface area contributed by atoms with Crippen LogP contribution in [0.4, 0.5) is 0 Å². The third-order valence-corrected chi connectivity index (χ3v) is 5.58. The van der Waals surface area contributed by atoms with E-state index in [1.54, 1.807) is 0 Å². The van der Waals surface area contributed by atoms with Crippen LogP contribution in [0.2, 0.25) is 0 Å². The number of benzene rings is 3. The Morgan fingerprint density at radius 2 is 1.04 bits per heavy atom. The first kappa shape index (κ1) is 16.8. The van der Waals surface area contributed by atoms with Crippen molar-refractivity contribution in [2.24, 2.45) is 5.73 Å². The second-order valence-corrected chi connectivity index (χ2v) is 6.98.